The molecule has 8 heteroatoms. The summed E-state index contributed by atoms with van der Waals surface area (Å²) in [4.78, 5) is 11.6. The molecule has 4 rings (SSSR count). The number of ether oxygens (including phenoxy) is 2. The van der Waals surface area contributed by atoms with Gasteiger partial charge in [0, 0.05) is 44.0 Å². The van der Waals surface area contributed by atoms with E-state index in [-0.39, 0.29) is 6.61 Å². The number of nitrogens with one attached hydrogen (secondary N) is 1. The van der Waals surface area contributed by atoms with E-state index < -0.39 is 6.10 Å². The number of aliphatic hydroxyl groups excluding tert-OH is 1. The van der Waals surface area contributed by atoms with Gasteiger partial charge in [-0.2, -0.15) is 0 Å². The molecule has 0 bridgehead atoms. The number of benzene rings is 1. The van der Waals surface area contributed by atoms with Crippen LogP contribution in [0, 0.1) is 6.92 Å². The molecule has 0 aliphatic carbocycles. The number of nitrogen functional groups attached to an aromatic ring is 1. The Balaban J connectivity index is 0.000000509. The average Bonchev–Trinajstić information content (AvgIpc) is 3.41. The van der Waals surface area contributed by atoms with Crippen LogP contribution < -0.4 is 20.7 Å². The number of aliphatic hydroxyl groups is 1. The van der Waals surface area contributed by atoms with Crippen molar-refractivity contribution in [2.75, 3.05) is 57.1 Å². The van der Waals surface area contributed by atoms with Crippen LogP contribution in [-0.4, -0.2) is 67.7 Å². The van der Waals surface area contributed by atoms with Crippen molar-refractivity contribution >= 4 is 11.6 Å². The van der Waals surface area contributed by atoms with Gasteiger partial charge in [0.05, 0.1) is 0 Å². The summed E-state index contributed by atoms with van der Waals surface area (Å²) in [6, 6.07) is 7.59. The van der Waals surface area contributed by atoms with Crippen molar-refractivity contribution in [3.63, 3.8) is 0 Å². The summed E-state index contributed by atoms with van der Waals surface area (Å²) in [5.41, 5.74) is 7.97. The molecule has 2 aromatic rings. The number of aromatic nitrogens is 2. The predicted octanol–water partition coefficient (Wildman–Crippen LogP) is 2.78. The molecule has 0 saturated carbocycles. The summed E-state index contributed by atoms with van der Waals surface area (Å²) >= 11 is 0. The zero-order valence-electron chi connectivity index (χ0n) is 19.3. The standard InChI is InChI=1S/C20H29N5O2.C4H8O/c1-14-18(21)23-19(24-20(14)25-9-4-3-5-10-25)15-7-6-8-17(11-15)27-13-16(26)12-22-2;1-2-4-5-3-1/h6-8,11,16,22,26H,3-5,9-10,12-13H2,1-2H3,(H2,21,23,24);1-4H2. The largest absolute Gasteiger partial charge is 0.491 e. The van der Waals surface area contributed by atoms with E-state index >= 15 is 0 Å². The Labute approximate surface area is 191 Å². The lowest BCUT2D eigenvalue weighted by atomic mass is 10.1. The molecular formula is C24H37N5O3. The van der Waals surface area contributed by atoms with Gasteiger partial charge in [-0.25, -0.2) is 9.97 Å². The highest BCUT2D eigenvalue weighted by Crippen LogP contribution is 2.29. The number of hydrogen-bond acceptors (Lipinski definition) is 8. The molecule has 2 aliphatic heterocycles. The lowest BCUT2D eigenvalue weighted by Crippen LogP contribution is -2.31. The Morgan fingerprint density at radius 2 is 1.91 bits per heavy atom. The van der Waals surface area contributed by atoms with E-state index in [0.29, 0.717) is 23.9 Å². The van der Waals surface area contributed by atoms with E-state index in [9.17, 15) is 5.11 Å². The SMILES string of the molecule is C1CCOC1.CNCC(O)COc1cccc(-c2nc(N)c(C)c(N3CCCCC3)n2)c1. The summed E-state index contributed by atoms with van der Waals surface area (Å²) in [6.07, 6.45) is 5.62. The van der Waals surface area contributed by atoms with Crippen molar-refractivity contribution < 1.29 is 14.6 Å². The molecule has 3 heterocycles. The van der Waals surface area contributed by atoms with Gasteiger partial charge in [0.1, 0.15) is 30.1 Å². The number of nitrogens with zero attached hydrogens (tertiary/aromatic N) is 3. The molecule has 4 N–H and O–H groups in total. The number of piperidine rings is 1. The summed E-state index contributed by atoms with van der Waals surface area (Å²) in [6.45, 7) is 6.69. The average molecular weight is 444 g/mol. The third-order valence-corrected chi connectivity index (χ3v) is 5.62. The molecule has 8 nitrogen and oxygen atoms in total. The minimum absolute atomic E-state index is 0.222. The number of nitrogens with two attached hydrogens (primary N) is 1. The highest BCUT2D eigenvalue weighted by atomic mass is 16.5. The molecule has 1 aromatic heterocycles. The van der Waals surface area contributed by atoms with Crippen molar-refractivity contribution in [1.29, 1.82) is 0 Å². The maximum absolute atomic E-state index is 9.81. The Bertz CT molecular complexity index is 831. The highest BCUT2D eigenvalue weighted by Gasteiger charge is 2.18. The van der Waals surface area contributed by atoms with Crippen LogP contribution in [0.2, 0.25) is 0 Å². The Hall–Kier alpha value is -2.42. The maximum atomic E-state index is 9.81. The van der Waals surface area contributed by atoms with Crippen LogP contribution in [0.3, 0.4) is 0 Å². The minimum atomic E-state index is -0.560. The molecule has 1 unspecified atom stereocenters. The lowest BCUT2D eigenvalue weighted by Gasteiger charge is -2.29. The van der Waals surface area contributed by atoms with Crippen molar-refractivity contribution in [3.8, 4) is 17.1 Å². The third kappa shape index (κ3) is 7.05. The summed E-state index contributed by atoms with van der Waals surface area (Å²) in [5, 5.41) is 12.7. The minimum Gasteiger partial charge on any atom is -0.491 e. The van der Waals surface area contributed by atoms with Gasteiger partial charge >= 0.3 is 0 Å². The molecule has 0 radical (unpaired) electrons. The molecule has 1 atom stereocenters. The molecule has 0 spiro atoms. The van der Waals surface area contributed by atoms with E-state index in [2.05, 4.69) is 15.2 Å². The normalized spacial score (nSPS) is 16.9. The molecular weight excluding hydrogens is 406 g/mol. The number of hydrogen-bond donors (Lipinski definition) is 3. The van der Waals surface area contributed by atoms with Gasteiger partial charge in [0.2, 0.25) is 0 Å². The molecule has 32 heavy (non-hydrogen) atoms. The van der Waals surface area contributed by atoms with E-state index in [1.807, 2.05) is 31.2 Å². The summed E-state index contributed by atoms with van der Waals surface area (Å²) in [5.74, 6) is 2.70. The first-order chi connectivity index (χ1) is 15.6. The second-order valence-electron chi connectivity index (χ2n) is 8.30. The van der Waals surface area contributed by atoms with E-state index in [4.69, 9.17) is 20.2 Å². The van der Waals surface area contributed by atoms with E-state index in [0.717, 1.165) is 43.2 Å². The first-order valence-corrected chi connectivity index (χ1v) is 11.6. The summed E-state index contributed by atoms with van der Waals surface area (Å²) in [7, 11) is 1.79. The Morgan fingerprint density at radius 3 is 2.56 bits per heavy atom. The monoisotopic (exact) mass is 443 g/mol. The third-order valence-electron chi connectivity index (χ3n) is 5.62. The highest BCUT2D eigenvalue weighted by molar-refractivity contribution is 5.66. The lowest BCUT2D eigenvalue weighted by molar-refractivity contribution is 0.108. The number of anilines is 2. The van der Waals surface area contributed by atoms with Crippen LogP contribution in [0.5, 0.6) is 5.75 Å². The van der Waals surface area contributed by atoms with Gasteiger partial charge in [0.15, 0.2) is 5.82 Å². The second-order valence-corrected chi connectivity index (χ2v) is 8.30. The fourth-order valence-electron chi connectivity index (χ4n) is 3.79. The van der Waals surface area contributed by atoms with Gasteiger partial charge in [-0.3, -0.25) is 0 Å². The van der Waals surface area contributed by atoms with Gasteiger partial charge in [-0.1, -0.05) is 12.1 Å². The first kappa shape index (κ1) is 24.2. The number of rotatable bonds is 7. The van der Waals surface area contributed by atoms with Crippen LogP contribution in [-0.2, 0) is 4.74 Å². The van der Waals surface area contributed by atoms with Crippen LogP contribution in [0.1, 0.15) is 37.7 Å². The van der Waals surface area contributed by atoms with Crippen molar-refractivity contribution in [3.05, 3.63) is 29.8 Å². The molecule has 0 amide bonds. The van der Waals surface area contributed by atoms with Crippen LogP contribution in [0.15, 0.2) is 24.3 Å². The summed E-state index contributed by atoms with van der Waals surface area (Å²) < 4.78 is 10.6. The van der Waals surface area contributed by atoms with Gasteiger partial charge in [-0.15, -0.1) is 0 Å². The van der Waals surface area contributed by atoms with Crippen molar-refractivity contribution in [2.45, 2.75) is 45.1 Å². The Kier molecular flexibility index (Phi) is 9.52. The maximum Gasteiger partial charge on any atom is 0.164 e. The van der Waals surface area contributed by atoms with Crippen LogP contribution in [0.4, 0.5) is 11.6 Å². The van der Waals surface area contributed by atoms with Crippen molar-refractivity contribution in [1.82, 2.24) is 15.3 Å². The first-order valence-electron chi connectivity index (χ1n) is 11.6. The second kappa shape index (κ2) is 12.6. The fraction of sp³-hybridized carbons (Fsp3) is 0.583. The fourth-order valence-corrected chi connectivity index (χ4v) is 3.79. The van der Waals surface area contributed by atoms with E-state index in [1.54, 1.807) is 7.05 Å². The number of likely N-dealkylation sites (N-methyl/N-ethyl adjacent to an activating group) is 1. The smallest absolute Gasteiger partial charge is 0.164 e. The topological polar surface area (TPSA) is 106 Å². The Morgan fingerprint density at radius 1 is 1.16 bits per heavy atom. The zero-order valence-corrected chi connectivity index (χ0v) is 19.3. The molecule has 1 aromatic carbocycles. The predicted molar refractivity (Wildman–Crippen MR) is 128 cm³/mol. The van der Waals surface area contributed by atoms with Crippen molar-refractivity contribution in [2.24, 2.45) is 0 Å². The van der Waals surface area contributed by atoms with Crippen LogP contribution >= 0.6 is 0 Å². The van der Waals surface area contributed by atoms with Crippen LogP contribution in [0.25, 0.3) is 11.4 Å². The molecule has 2 saturated heterocycles. The quantitative estimate of drug-likeness (QED) is 0.600. The van der Waals surface area contributed by atoms with Gasteiger partial charge in [0.25, 0.3) is 0 Å². The molecule has 2 aliphatic rings. The van der Waals surface area contributed by atoms with Gasteiger partial charge < -0.3 is 30.5 Å². The van der Waals surface area contributed by atoms with E-state index in [1.165, 1.54) is 32.1 Å². The molecule has 2 fully saturated rings. The molecule has 176 valence electrons. The zero-order chi connectivity index (χ0) is 22.8. The van der Waals surface area contributed by atoms with Gasteiger partial charge in [-0.05, 0) is 58.2 Å².